The molecule has 5 heteroatoms. The van der Waals surface area contributed by atoms with E-state index >= 15 is 0 Å². The molecule has 1 N–H and O–H groups in total. The van der Waals surface area contributed by atoms with E-state index in [9.17, 15) is 4.79 Å². The molecular formula is C25H29N3O2. The number of carbonyl (C=O) groups excluding carboxylic acids is 1. The van der Waals surface area contributed by atoms with Crippen LogP contribution >= 0.6 is 0 Å². The number of hydrogen-bond acceptors (Lipinski definition) is 2. The second-order valence-electron chi connectivity index (χ2n) is 8.57. The van der Waals surface area contributed by atoms with Crippen molar-refractivity contribution in [3.8, 4) is 0 Å². The van der Waals surface area contributed by atoms with Gasteiger partial charge in [0.15, 0.2) is 0 Å². The van der Waals surface area contributed by atoms with Crippen LogP contribution in [0.15, 0.2) is 48.5 Å². The summed E-state index contributed by atoms with van der Waals surface area (Å²) < 4.78 is 8.75. The van der Waals surface area contributed by atoms with Crippen molar-refractivity contribution >= 4 is 16.9 Å². The number of carbonyl (C=O) groups is 1. The number of benzene rings is 2. The van der Waals surface area contributed by atoms with E-state index in [0.29, 0.717) is 19.6 Å². The highest BCUT2D eigenvalue weighted by Crippen LogP contribution is 2.44. The van der Waals surface area contributed by atoms with Crippen LogP contribution in [0.3, 0.4) is 0 Å². The molecule has 2 amide bonds. The van der Waals surface area contributed by atoms with Crippen molar-refractivity contribution in [3.63, 3.8) is 0 Å². The third kappa shape index (κ3) is 3.08. The molecule has 1 saturated heterocycles. The van der Waals surface area contributed by atoms with Crippen LogP contribution in [0, 0.1) is 6.92 Å². The maximum atomic E-state index is 12.8. The summed E-state index contributed by atoms with van der Waals surface area (Å²) in [5.74, 6) is 0. The average molecular weight is 404 g/mol. The normalized spacial score (nSPS) is 17.9. The van der Waals surface area contributed by atoms with Crippen LogP contribution in [0.5, 0.6) is 0 Å². The molecule has 2 aliphatic rings. The van der Waals surface area contributed by atoms with Gasteiger partial charge in [0.05, 0.1) is 12.3 Å². The molecule has 3 aromatic rings. The van der Waals surface area contributed by atoms with E-state index in [4.69, 9.17) is 4.74 Å². The maximum Gasteiger partial charge on any atom is 0.317 e. The lowest BCUT2D eigenvalue weighted by Crippen LogP contribution is -2.51. The highest BCUT2D eigenvalue weighted by atomic mass is 16.5. The van der Waals surface area contributed by atoms with Gasteiger partial charge in [-0.3, -0.25) is 0 Å². The van der Waals surface area contributed by atoms with Crippen molar-refractivity contribution in [1.82, 2.24) is 14.8 Å². The number of aromatic nitrogens is 1. The topological polar surface area (TPSA) is 46.5 Å². The SMILES string of the molecule is Cc1ccccc1CNC(=O)N1CCC2(CC1)OCCc1c2n(C)c2ccccc12. The molecule has 156 valence electrons. The summed E-state index contributed by atoms with van der Waals surface area (Å²) in [6.07, 6.45) is 2.63. The molecule has 0 aliphatic carbocycles. The summed E-state index contributed by atoms with van der Waals surface area (Å²) in [5.41, 5.74) is 6.09. The van der Waals surface area contributed by atoms with E-state index in [-0.39, 0.29) is 11.6 Å². The van der Waals surface area contributed by atoms with Crippen molar-refractivity contribution in [2.75, 3.05) is 19.7 Å². The van der Waals surface area contributed by atoms with Gasteiger partial charge in [0, 0.05) is 37.6 Å². The molecular weight excluding hydrogens is 374 g/mol. The number of urea groups is 1. The Morgan fingerprint density at radius 1 is 1.10 bits per heavy atom. The number of likely N-dealkylation sites (tertiary alicyclic amines) is 1. The van der Waals surface area contributed by atoms with E-state index in [1.165, 1.54) is 27.7 Å². The van der Waals surface area contributed by atoms with E-state index in [1.807, 2.05) is 17.0 Å². The first-order valence-electron chi connectivity index (χ1n) is 10.9. The standard InChI is InChI=1S/C25H29N3O2/c1-18-7-3-4-8-19(18)17-26-24(29)28-14-12-25(13-15-28)23-21(11-16-30-25)20-9-5-6-10-22(20)27(23)2/h3-10H,11-17H2,1-2H3,(H,26,29). The number of amides is 2. The highest BCUT2D eigenvalue weighted by Gasteiger charge is 2.44. The van der Waals surface area contributed by atoms with Gasteiger partial charge in [-0.25, -0.2) is 4.79 Å². The average Bonchev–Trinajstić information content (AvgIpc) is 3.07. The number of hydrogen-bond donors (Lipinski definition) is 1. The van der Waals surface area contributed by atoms with E-state index in [0.717, 1.165) is 31.4 Å². The van der Waals surface area contributed by atoms with E-state index in [2.05, 4.69) is 60.3 Å². The first kappa shape index (κ1) is 19.2. The molecule has 3 heterocycles. The molecule has 2 aliphatic heterocycles. The fraction of sp³-hybridized carbons (Fsp3) is 0.400. The van der Waals surface area contributed by atoms with Crippen molar-refractivity contribution in [1.29, 1.82) is 0 Å². The minimum atomic E-state index is -0.284. The number of piperidine rings is 1. The fourth-order valence-corrected chi connectivity index (χ4v) is 5.27. The third-order valence-electron chi connectivity index (χ3n) is 6.92. The second kappa shape index (κ2) is 7.47. The van der Waals surface area contributed by atoms with Gasteiger partial charge in [-0.15, -0.1) is 0 Å². The minimum Gasteiger partial charge on any atom is -0.368 e. The quantitative estimate of drug-likeness (QED) is 0.695. The van der Waals surface area contributed by atoms with Gasteiger partial charge in [-0.2, -0.15) is 0 Å². The fourth-order valence-electron chi connectivity index (χ4n) is 5.27. The zero-order valence-corrected chi connectivity index (χ0v) is 17.8. The van der Waals surface area contributed by atoms with Crippen molar-refractivity contribution in [3.05, 3.63) is 70.9 Å². The number of fused-ring (bicyclic) bond motifs is 4. The van der Waals surface area contributed by atoms with Gasteiger partial charge in [-0.05, 0) is 48.9 Å². The predicted molar refractivity (Wildman–Crippen MR) is 118 cm³/mol. The number of aryl methyl sites for hydroxylation is 2. The summed E-state index contributed by atoms with van der Waals surface area (Å²) in [6.45, 7) is 4.81. The molecule has 1 fully saturated rings. The van der Waals surface area contributed by atoms with Crippen LogP contribution in [0.4, 0.5) is 4.79 Å². The van der Waals surface area contributed by atoms with Gasteiger partial charge < -0.3 is 19.5 Å². The zero-order valence-electron chi connectivity index (χ0n) is 17.8. The van der Waals surface area contributed by atoms with E-state index < -0.39 is 0 Å². The summed E-state index contributed by atoms with van der Waals surface area (Å²) in [7, 11) is 2.15. The molecule has 5 rings (SSSR count). The van der Waals surface area contributed by atoms with Crippen molar-refractivity contribution < 1.29 is 9.53 Å². The second-order valence-corrected chi connectivity index (χ2v) is 8.57. The largest absolute Gasteiger partial charge is 0.368 e. The molecule has 0 radical (unpaired) electrons. The Morgan fingerprint density at radius 2 is 1.83 bits per heavy atom. The molecule has 0 atom stereocenters. The van der Waals surface area contributed by atoms with Gasteiger partial charge in [0.25, 0.3) is 0 Å². The monoisotopic (exact) mass is 403 g/mol. The molecule has 0 bridgehead atoms. The Morgan fingerprint density at radius 3 is 2.63 bits per heavy atom. The number of para-hydroxylation sites is 1. The number of nitrogens with zero attached hydrogens (tertiary/aromatic N) is 2. The summed E-state index contributed by atoms with van der Waals surface area (Å²) in [6, 6.07) is 16.8. The zero-order chi connectivity index (χ0) is 20.7. The lowest BCUT2D eigenvalue weighted by atomic mass is 9.83. The lowest BCUT2D eigenvalue weighted by molar-refractivity contribution is -0.0968. The van der Waals surface area contributed by atoms with Gasteiger partial charge >= 0.3 is 6.03 Å². The predicted octanol–water partition coefficient (Wildman–Crippen LogP) is 4.26. The molecule has 30 heavy (non-hydrogen) atoms. The molecule has 0 saturated carbocycles. The molecule has 0 unspecified atom stereocenters. The van der Waals surface area contributed by atoms with Crippen LogP contribution < -0.4 is 5.32 Å². The minimum absolute atomic E-state index is 0.0150. The van der Waals surface area contributed by atoms with Crippen molar-refractivity contribution in [2.24, 2.45) is 7.05 Å². The Hall–Kier alpha value is -2.79. The third-order valence-corrected chi connectivity index (χ3v) is 6.92. The van der Waals surface area contributed by atoms with Crippen LogP contribution in [-0.2, 0) is 30.4 Å². The molecule has 1 spiro atoms. The van der Waals surface area contributed by atoms with Crippen LogP contribution in [0.2, 0.25) is 0 Å². The molecule has 1 aromatic heterocycles. The summed E-state index contributed by atoms with van der Waals surface area (Å²) in [5, 5.41) is 4.44. The lowest BCUT2D eigenvalue weighted by Gasteiger charge is -2.44. The number of ether oxygens (including phenoxy) is 1. The smallest absolute Gasteiger partial charge is 0.317 e. The van der Waals surface area contributed by atoms with Crippen LogP contribution in [0.25, 0.3) is 10.9 Å². The van der Waals surface area contributed by atoms with Crippen LogP contribution in [-0.4, -0.2) is 35.2 Å². The van der Waals surface area contributed by atoms with Gasteiger partial charge in [0.1, 0.15) is 5.60 Å². The van der Waals surface area contributed by atoms with Crippen LogP contribution in [0.1, 0.15) is 35.2 Å². The van der Waals surface area contributed by atoms with E-state index in [1.54, 1.807) is 0 Å². The Labute approximate surface area is 177 Å². The van der Waals surface area contributed by atoms with Crippen molar-refractivity contribution in [2.45, 2.75) is 38.3 Å². The Bertz CT molecular complexity index is 1090. The Balaban J connectivity index is 1.32. The summed E-state index contributed by atoms with van der Waals surface area (Å²) in [4.78, 5) is 14.7. The first-order chi connectivity index (χ1) is 14.6. The number of rotatable bonds is 2. The molecule has 5 nitrogen and oxygen atoms in total. The Kier molecular flexibility index (Phi) is 4.78. The maximum absolute atomic E-state index is 12.8. The van der Waals surface area contributed by atoms with Gasteiger partial charge in [0.2, 0.25) is 0 Å². The summed E-state index contributed by atoms with van der Waals surface area (Å²) >= 11 is 0. The highest BCUT2D eigenvalue weighted by molar-refractivity contribution is 5.86. The van der Waals surface area contributed by atoms with Gasteiger partial charge in [-0.1, -0.05) is 42.5 Å². The first-order valence-corrected chi connectivity index (χ1v) is 10.9. The molecule has 2 aromatic carbocycles. The number of nitrogens with one attached hydrogen (secondary N) is 1.